The number of anilines is 6. The van der Waals surface area contributed by atoms with Gasteiger partial charge in [-0.25, -0.2) is 0 Å². The smallest absolute Gasteiger partial charge is 0.135 e. The molecular weight excluding hydrogens is 1460 g/mol. The summed E-state index contributed by atoms with van der Waals surface area (Å²) in [4.78, 5) is 4.76. The van der Waals surface area contributed by atoms with Gasteiger partial charge in [0, 0.05) is 88.3 Å². The van der Waals surface area contributed by atoms with Gasteiger partial charge in [-0.2, -0.15) is 0 Å². The van der Waals surface area contributed by atoms with E-state index in [9.17, 15) is 0 Å². The molecule has 120 heavy (non-hydrogen) atoms. The van der Waals surface area contributed by atoms with E-state index in [1.54, 1.807) is 0 Å². The molecule has 0 fully saturated rings. The van der Waals surface area contributed by atoms with Gasteiger partial charge in [-0.3, -0.25) is 0 Å². The van der Waals surface area contributed by atoms with Crippen LogP contribution in [0.1, 0.15) is 0 Å². The van der Waals surface area contributed by atoms with Crippen LogP contribution in [-0.4, -0.2) is 9.13 Å². The minimum atomic E-state index is 0.902. The maximum atomic E-state index is 6.17. The summed E-state index contributed by atoms with van der Waals surface area (Å²) in [6.45, 7) is 0. The third-order valence-corrected chi connectivity index (χ3v) is 24.2. The average Bonchev–Trinajstić information content (AvgIpc) is 1.66. The summed E-state index contributed by atoms with van der Waals surface area (Å²) in [5.41, 5.74) is 29.1. The van der Waals surface area contributed by atoms with Crippen molar-refractivity contribution in [1.82, 2.24) is 9.13 Å². The predicted octanol–water partition coefficient (Wildman–Crippen LogP) is 32.1. The van der Waals surface area contributed by atoms with E-state index in [1.807, 2.05) is 24.3 Å². The van der Waals surface area contributed by atoms with Crippen LogP contribution in [-0.2, 0) is 0 Å². The van der Waals surface area contributed by atoms with Gasteiger partial charge < -0.3 is 27.8 Å². The molecule has 0 aliphatic carbocycles. The van der Waals surface area contributed by atoms with E-state index >= 15 is 0 Å². The van der Waals surface area contributed by atoms with Crippen molar-refractivity contribution in [2.45, 2.75) is 0 Å². The van der Waals surface area contributed by atoms with Gasteiger partial charge in [0.15, 0.2) is 0 Å². The summed E-state index contributed by atoms with van der Waals surface area (Å²) in [7, 11) is 0. The highest BCUT2D eigenvalue weighted by Gasteiger charge is 2.23. The number of aromatic nitrogens is 2. The average molecular weight is 1530 g/mol. The zero-order chi connectivity index (χ0) is 79.1. The SMILES string of the molecule is c1ccc(-n2c3ccccc3c3cc(-c4ccc(N(c5ccc(-c6ccc7oc8ccccc8c7c6)cc5)c5ccc(-c6cccc7ccccc67)cc5)c5ccccc45)ccc32)cc1.c1ccc2c(-c3ccc(N(c4ccc(-c5ccc6oc7ccccc7c6c5)cc4)c4ccc(-n5c6ccccc6c6ccccc65)cc4)cc3)cccc2c1. The summed E-state index contributed by atoms with van der Waals surface area (Å²) in [5.74, 6) is 0. The molecule has 0 N–H and O–H groups in total. The van der Waals surface area contributed by atoms with Crippen molar-refractivity contribution in [1.29, 1.82) is 0 Å². The van der Waals surface area contributed by atoms with E-state index in [0.29, 0.717) is 0 Å². The predicted molar refractivity (Wildman–Crippen MR) is 505 cm³/mol. The normalized spacial score (nSPS) is 11.7. The number of nitrogens with zero attached hydrogens (tertiary/aromatic N) is 4. The molecule has 4 aromatic heterocycles. The Hall–Kier alpha value is -16.0. The Balaban J connectivity index is 0.000000142. The van der Waals surface area contributed by atoms with Crippen molar-refractivity contribution < 1.29 is 8.83 Å². The summed E-state index contributed by atoms with van der Waals surface area (Å²) in [5, 5.41) is 16.9. The Morgan fingerprint density at radius 1 is 0.167 bits per heavy atom. The fourth-order valence-electron chi connectivity index (χ4n) is 18.5. The molecule has 0 aliphatic rings. The van der Waals surface area contributed by atoms with Crippen LogP contribution >= 0.6 is 0 Å². The first kappa shape index (κ1) is 69.5. The summed E-state index contributed by atoms with van der Waals surface area (Å²) < 4.78 is 17.0. The molecule has 0 radical (unpaired) electrons. The maximum Gasteiger partial charge on any atom is 0.135 e. The van der Waals surface area contributed by atoms with Crippen molar-refractivity contribution in [3.63, 3.8) is 0 Å². The maximum absolute atomic E-state index is 6.17. The number of benzene rings is 20. The van der Waals surface area contributed by atoms with Crippen LogP contribution in [0.2, 0.25) is 0 Å². The lowest BCUT2D eigenvalue weighted by atomic mass is 9.95. The highest BCUT2D eigenvalue weighted by atomic mass is 16.3. The highest BCUT2D eigenvalue weighted by molar-refractivity contribution is 6.14. The van der Waals surface area contributed by atoms with E-state index in [2.05, 4.69) is 444 Å². The van der Waals surface area contributed by atoms with Crippen molar-refractivity contribution >= 4 is 154 Å². The quantitative estimate of drug-likeness (QED) is 0.115. The molecule has 0 spiro atoms. The number of rotatable bonds is 13. The molecule has 562 valence electrons. The van der Waals surface area contributed by atoms with Crippen molar-refractivity contribution in [3.8, 4) is 67.0 Å². The molecule has 6 heteroatoms. The Bertz CT molecular complexity index is 8010. The first-order chi connectivity index (χ1) is 59.5. The first-order valence-corrected chi connectivity index (χ1v) is 41.0. The van der Waals surface area contributed by atoms with Crippen LogP contribution in [0.15, 0.2) is 458 Å². The van der Waals surface area contributed by atoms with Crippen LogP contribution in [0.3, 0.4) is 0 Å². The number of fused-ring (bicyclic) bond motifs is 15. The monoisotopic (exact) mass is 1530 g/mol. The standard InChI is InChI=1S/C62H40N2O.C52H34N2O/c1-2-15-46(16-3-1)64-58-23-10-8-20-54(58)56-40-45(29-36-60(56)64)51-35-37-59(53-19-7-6-18-52(51)53)63(48-33-27-43(28-34-48)50-22-12-14-42-13-4-5-17-49(42)50)47-31-25-41(26-32-47)44-30-38-62-57(39-44)55-21-9-11-24-61(55)65-62;1-2-12-43-36(10-1)11-9-16-44(43)37-22-27-40(28-23-37)53(39-25-20-35(21-26-39)38-24-33-52-48(34-38)47-15-5-8-19-51(47)55-52)41-29-31-42(32-30-41)54-49-17-6-3-13-45(49)46-14-4-7-18-50(46)54/h1-40H;1-34H. The van der Waals surface area contributed by atoms with Gasteiger partial charge in [-0.15, -0.1) is 0 Å². The second kappa shape index (κ2) is 29.1. The minimum absolute atomic E-state index is 0.902. The minimum Gasteiger partial charge on any atom is -0.456 e. The summed E-state index contributed by atoms with van der Waals surface area (Å²) in [6.07, 6.45) is 0. The molecule has 0 saturated carbocycles. The fourth-order valence-corrected chi connectivity index (χ4v) is 18.5. The molecule has 0 amide bonds. The van der Waals surface area contributed by atoms with Crippen LogP contribution in [0, 0.1) is 0 Å². The molecule has 0 atom stereocenters. The van der Waals surface area contributed by atoms with Crippen LogP contribution in [0.4, 0.5) is 34.1 Å². The van der Waals surface area contributed by atoms with E-state index in [-0.39, 0.29) is 0 Å². The van der Waals surface area contributed by atoms with Gasteiger partial charge in [0.1, 0.15) is 22.3 Å². The van der Waals surface area contributed by atoms with E-state index < -0.39 is 0 Å². The van der Waals surface area contributed by atoms with Crippen LogP contribution < -0.4 is 9.80 Å². The van der Waals surface area contributed by atoms with E-state index in [1.165, 1.54) is 109 Å². The third kappa shape index (κ3) is 12.0. The molecule has 4 heterocycles. The molecule has 24 aromatic rings. The Labute approximate surface area is 693 Å². The zero-order valence-corrected chi connectivity index (χ0v) is 65.3. The molecule has 6 nitrogen and oxygen atoms in total. The zero-order valence-electron chi connectivity index (χ0n) is 65.3. The van der Waals surface area contributed by atoms with Gasteiger partial charge in [0.2, 0.25) is 0 Å². The highest BCUT2D eigenvalue weighted by Crippen LogP contribution is 2.47. The summed E-state index contributed by atoms with van der Waals surface area (Å²) in [6, 6.07) is 162. The molecular formula is C114H74N4O2. The largest absolute Gasteiger partial charge is 0.456 e. The number of hydrogen-bond donors (Lipinski definition) is 0. The number of para-hydroxylation sites is 6. The lowest BCUT2D eigenvalue weighted by Crippen LogP contribution is -2.10. The van der Waals surface area contributed by atoms with Crippen molar-refractivity contribution in [2.24, 2.45) is 0 Å². The van der Waals surface area contributed by atoms with Gasteiger partial charge in [0.05, 0.1) is 27.8 Å². The van der Waals surface area contributed by atoms with Crippen LogP contribution in [0.25, 0.3) is 187 Å². The second-order valence-electron chi connectivity index (χ2n) is 31.0. The van der Waals surface area contributed by atoms with Crippen LogP contribution in [0.5, 0.6) is 0 Å². The third-order valence-electron chi connectivity index (χ3n) is 24.2. The number of furan rings is 2. The molecule has 0 aliphatic heterocycles. The fraction of sp³-hybridized carbons (Fsp3) is 0. The van der Waals surface area contributed by atoms with E-state index in [4.69, 9.17) is 8.83 Å². The first-order valence-electron chi connectivity index (χ1n) is 41.0. The topological polar surface area (TPSA) is 42.6 Å². The van der Waals surface area contributed by atoms with Gasteiger partial charge in [-0.1, -0.05) is 291 Å². The lowest BCUT2D eigenvalue weighted by Gasteiger charge is -2.28. The molecule has 0 bridgehead atoms. The molecule has 0 unspecified atom stereocenters. The number of hydrogen-bond acceptors (Lipinski definition) is 4. The second-order valence-corrected chi connectivity index (χ2v) is 31.0. The van der Waals surface area contributed by atoms with E-state index in [0.717, 1.165) is 112 Å². The molecule has 0 saturated heterocycles. The lowest BCUT2D eigenvalue weighted by molar-refractivity contribution is 0.668. The molecule has 24 rings (SSSR count). The van der Waals surface area contributed by atoms with Gasteiger partial charge >= 0.3 is 0 Å². The van der Waals surface area contributed by atoms with Crippen molar-refractivity contribution in [2.75, 3.05) is 9.80 Å². The summed E-state index contributed by atoms with van der Waals surface area (Å²) >= 11 is 0. The van der Waals surface area contributed by atoms with Gasteiger partial charge in [-0.05, 0) is 240 Å². The Morgan fingerprint density at radius 2 is 0.492 bits per heavy atom. The molecule has 20 aromatic carbocycles. The van der Waals surface area contributed by atoms with Crippen molar-refractivity contribution in [3.05, 3.63) is 449 Å². The van der Waals surface area contributed by atoms with Gasteiger partial charge in [0.25, 0.3) is 0 Å². The Kier molecular flexibility index (Phi) is 16.8. The Morgan fingerprint density at radius 3 is 0.983 bits per heavy atom.